The van der Waals surface area contributed by atoms with Crippen molar-refractivity contribution in [3.8, 4) is 5.75 Å². The average Bonchev–Trinajstić information content (AvgIpc) is 2.77. The molecule has 2 N–H and O–H groups in total. The van der Waals surface area contributed by atoms with Gasteiger partial charge in [0.1, 0.15) is 12.4 Å². The second-order valence-corrected chi connectivity index (χ2v) is 4.39. The standard InChI is InChI=1S/C15H17N3O2/c1-4-9-20-13-7-5-12(6-8-13)15(19)16-14-10(2)17-18-11(14)3/h4-8H,1,9H2,2-3H3,(H,16,19)(H,17,18). The highest BCUT2D eigenvalue weighted by Gasteiger charge is 2.11. The number of aromatic amines is 1. The molecule has 5 nitrogen and oxygen atoms in total. The van der Waals surface area contributed by atoms with Crippen molar-refractivity contribution in [2.24, 2.45) is 0 Å². The first-order valence-electron chi connectivity index (χ1n) is 6.28. The molecule has 1 aromatic carbocycles. The molecule has 1 heterocycles. The Labute approximate surface area is 117 Å². The lowest BCUT2D eigenvalue weighted by atomic mass is 10.2. The van der Waals surface area contributed by atoms with Crippen LogP contribution in [0.25, 0.3) is 0 Å². The van der Waals surface area contributed by atoms with Gasteiger partial charge in [-0.05, 0) is 38.1 Å². The second kappa shape index (κ2) is 6.06. The van der Waals surface area contributed by atoms with Gasteiger partial charge in [-0.15, -0.1) is 0 Å². The molecule has 0 aliphatic carbocycles. The van der Waals surface area contributed by atoms with E-state index in [2.05, 4.69) is 22.1 Å². The zero-order chi connectivity index (χ0) is 14.5. The second-order valence-electron chi connectivity index (χ2n) is 4.39. The van der Waals surface area contributed by atoms with E-state index in [9.17, 15) is 4.79 Å². The Morgan fingerprint density at radius 3 is 2.65 bits per heavy atom. The molecule has 0 spiro atoms. The monoisotopic (exact) mass is 271 g/mol. The van der Waals surface area contributed by atoms with E-state index in [-0.39, 0.29) is 5.91 Å². The molecule has 0 atom stereocenters. The number of nitrogens with one attached hydrogen (secondary N) is 2. The summed E-state index contributed by atoms with van der Waals surface area (Å²) in [4.78, 5) is 12.1. The predicted octanol–water partition coefficient (Wildman–Crippen LogP) is 2.84. The third-order valence-corrected chi connectivity index (χ3v) is 2.85. The van der Waals surface area contributed by atoms with Crippen LogP contribution in [0.5, 0.6) is 5.75 Å². The highest BCUT2D eigenvalue weighted by Crippen LogP contribution is 2.18. The van der Waals surface area contributed by atoms with Crippen LogP contribution in [0.2, 0.25) is 0 Å². The smallest absolute Gasteiger partial charge is 0.255 e. The number of carbonyl (C=O) groups is 1. The van der Waals surface area contributed by atoms with Crippen molar-refractivity contribution in [1.29, 1.82) is 0 Å². The van der Waals surface area contributed by atoms with E-state index < -0.39 is 0 Å². The zero-order valence-corrected chi connectivity index (χ0v) is 11.6. The van der Waals surface area contributed by atoms with Gasteiger partial charge >= 0.3 is 0 Å². The SMILES string of the molecule is C=CCOc1ccc(C(=O)Nc2c(C)n[nH]c2C)cc1. The van der Waals surface area contributed by atoms with Crippen LogP contribution in [0.15, 0.2) is 36.9 Å². The number of hydrogen-bond acceptors (Lipinski definition) is 3. The van der Waals surface area contributed by atoms with E-state index in [1.165, 1.54) is 0 Å². The minimum atomic E-state index is -0.173. The maximum absolute atomic E-state index is 12.1. The maximum atomic E-state index is 12.1. The molecule has 0 saturated heterocycles. The summed E-state index contributed by atoms with van der Waals surface area (Å²) < 4.78 is 5.37. The van der Waals surface area contributed by atoms with Crippen LogP contribution in [-0.2, 0) is 0 Å². The third-order valence-electron chi connectivity index (χ3n) is 2.85. The van der Waals surface area contributed by atoms with Gasteiger partial charge in [-0.3, -0.25) is 9.89 Å². The number of carbonyl (C=O) groups excluding carboxylic acids is 1. The number of aromatic nitrogens is 2. The lowest BCUT2D eigenvalue weighted by Gasteiger charge is -2.07. The number of aryl methyl sites for hydroxylation is 2. The predicted molar refractivity (Wildman–Crippen MR) is 78.1 cm³/mol. The Morgan fingerprint density at radius 1 is 1.40 bits per heavy atom. The maximum Gasteiger partial charge on any atom is 0.255 e. The molecule has 1 amide bonds. The van der Waals surface area contributed by atoms with Gasteiger partial charge in [0.2, 0.25) is 0 Å². The molecule has 0 radical (unpaired) electrons. The number of ether oxygens (including phenoxy) is 1. The van der Waals surface area contributed by atoms with Crippen LogP contribution in [0.1, 0.15) is 21.7 Å². The fraction of sp³-hybridized carbons (Fsp3) is 0.200. The molecule has 2 aromatic rings. The molecule has 0 unspecified atom stereocenters. The quantitative estimate of drug-likeness (QED) is 0.822. The van der Waals surface area contributed by atoms with Gasteiger partial charge in [0, 0.05) is 5.56 Å². The molecule has 20 heavy (non-hydrogen) atoms. The first-order valence-corrected chi connectivity index (χ1v) is 6.28. The van der Waals surface area contributed by atoms with Gasteiger partial charge in [0.05, 0.1) is 17.1 Å². The van der Waals surface area contributed by atoms with Gasteiger partial charge in [0.25, 0.3) is 5.91 Å². The molecule has 1 aromatic heterocycles. The molecule has 0 bridgehead atoms. The van der Waals surface area contributed by atoms with Crippen LogP contribution < -0.4 is 10.1 Å². The first-order chi connectivity index (χ1) is 9.61. The summed E-state index contributed by atoms with van der Waals surface area (Å²) in [6.07, 6.45) is 1.67. The molecule has 0 saturated carbocycles. The summed E-state index contributed by atoms with van der Waals surface area (Å²) in [5.41, 5.74) is 2.89. The van der Waals surface area contributed by atoms with Crippen LogP contribution in [0.4, 0.5) is 5.69 Å². The Kier molecular flexibility index (Phi) is 4.20. The van der Waals surface area contributed by atoms with Crippen molar-refractivity contribution in [3.05, 3.63) is 53.9 Å². The van der Waals surface area contributed by atoms with Gasteiger partial charge in [0.15, 0.2) is 0 Å². The van der Waals surface area contributed by atoms with E-state index in [0.717, 1.165) is 17.1 Å². The highest BCUT2D eigenvalue weighted by molar-refractivity contribution is 6.04. The zero-order valence-electron chi connectivity index (χ0n) is 11.6. The molecule has 5 heteroatoms. The normalized spacial score (nSPS) is 10.1. The number of rotatable bonds is 5. The number of H-pyrrole nitrogens is 1. The van der Waals surface area contributed by atoms with E-state index in [0.29, 0.717) is 17.9 Å². The molecule has 2 rings (SSSR count). The van der Waals surface area contributed by atoms with Gasteiger partial charge in [-0.2, -0.15) is 5.10 Å². The highest BCUT2D eigenvalue weighted by atomic mass is 16.5. The summed E-state index contributed by atoms with van der Waals surface area (Å²) in [7, 11) is 0. The average molecular weight is 271 g/mol. The molecule has 0 aliphatic heterocycles. The third kappa shape index (κ3) is 3.06. The Hall–Kier alpha value is -2.56. The van der Waals surface area contributed by atoms with E-state index >= 15 is 0 Å². The van der Waals surface area contributed by atoms with Crippen LogP contribution >= 0.6 is 0 Å². The molecule has 0 aliphatic rings. The number of nitrogens with zero attached hydrogens (tertiary/aromatic N) is 1. The van der Waals surface area contributed by atoms with Crippen molar-refractivity contribution in [2.45, 2.75) is 13.8 Å². The number of hydrogen-bond donors (Lipinski definition) is 2. The van der Waals surface area contributed by atoms with Crippen LogP contribution in [0.3, 0.4) is 0 Å². The first kappa shape index (κ1) is 13.9. The fourth-order valence-electron chi connectivity index (χ4n) is 1.78. The Morgan fingerprint density at radius 2 is 2.10 bits per heavy atom. The van der Waals surface area contributed by atoms with Crippen LogP contribution in [0, 0.1) is 13.8 Å². The van der Waals surface area contributed by atoms with Gasteiger partial charge < -0.3 is 10.1 Å². The molecular formula is C15H17N3O2. The minimum Gasteiger partial charge on any atom is -0.490 e. The van der Waals surface area contributed by atoms with Crippen molar-refractivity contribution in [1.82, 2.24) is 10.2 Å². The van der Waals surface area contributed by atoms with Gasteiger partial charge in [-0.1, -0.05) is 12.7 Å². The number of anilines is 1. The fourth-order valence-corrected chi connectivity index (χ4v) is 1.78. The van der Waals surface area contributed by atoms with Crippen molar-refractivity contribution in [3.63, 3.8) is 0 Å². The summed E-state index contributed by atoms with van der Waals surface area (Å²) in [5.74, 6) is 0.532. The van der Waals surface area contributed by atoms with Crippen molar-refractivity contribution >= 4 is 11.6 Å². The molecular weight excluding hydrogens is 254 g/mol. The van der Waals surface area contributed by atoms with E-state index in [1.54, 1.807) is 30.3 Å². The number of benzene rings is 1. The summed E-state index contributed by atoms with van der Waals surface area (Å²) in [6, 6.07) is 6.96. The topological polar surface area (TPSA) is 67.0 Å². The van der Waals surface area contributed by atoms with Crippen molar-refractivity contribution in [2.75, 3.05) is 11.9 Å². The lowest BCUT2D eigenvalue weighted by Crippen LogP contribution is -2.12. The van der Waals surface area contributed by atoms with Crippen LogP contribution in [-0.4, -0.2) is 22.7 Å². The largest absolute Gasteiger partial charge is 0.490 e. The lowest BCUT2D eigenvalue weighted by molar-refractivity contribution is 0.102. The Bertz CT molecular complexity index is 595. The van der Waals surface area contributed by atoms with Gasteiger partial charge in [-0.25, -0.2) is 0 Å². The van der Waals surface area contributed by atoms with Crippen molar-refractivity contribution < 1.29 is 9.53 Å². The summed E-state index contributed by atoms with van der Waals surface area (Å²) in [5, 5.41) is 9.72. The molecule has 104 valence electrons. The minimum absolute atomic E-state index is 0.173. The van der Waals surface area contributed by atoms with E-state index in [1.807, 2.05) is 13.8 Å². The summed E-state index contributed by atoms with van der Waals surface area (Å²) >= 11 is 0. The van der Waals surface area contributed by atoms with E-state index in [4.69, 9.17) is 4.74 Å². The molecule has 0 fully saturated rings. The Balaban J connectivity index is 2.08. The number of amides is 1. The summed E-state index contributed by atoms with van der Waals surface area (Å²) in [6.45, 7) is 7.73.